The van der Waals surface area contributed by atoms with E-state index in [1.165, 1.54) is 17.4 Å². The number of anilines is 1. The molecule has 39 heavy (non-hydrogen) atoms. The first-order valence-corrected chi connectivity index (χ1v) is 14.1. The summed E-state index contributed by atoms with van der Waals surface area (Å²) in [5.74, 6) is -1.97. The molecule has 7 rings (SSSR count). The normalized spacial score (nSPS) is 24.3. The zero-order valence-electron chi connectivity index (χ0n) is 20.3. The number of Topliss-reactive ketones (excluding diaryl/α,β-unsaturated/α-hetero) is 2. The van der Waals surface area contributed by atoms with Crippen LogP contribution in [-0.2, 0) is 10.2 Å². The Balaban J connectivity index is 1.56. The van der Waals surface area contributed by atoms with Gasteiger partial charge in [0.1, 0.15) is 11.5 Å². The van der Waals surface area contributed by atoms with Crippen molar-refractivity contribution in [3.8, 4) is 0 Å². The van der Waals surface area contributed by atoms with Gasteiger partial charge in [0, 0.05) is 22.5 Å². The lowest BCUT2D eigenvalue weighted by molar-refractivity contribution is -0.122. The maximum Gasteiger partial charge on any atom is 0.238 e. The predicted octanol–water partition coefficient (Wildman–Crippen LogP) is 7.04. The number of nitrogens with zero attached hydrogens (tertiary/aromatic N) is 1. The fraction of sp³-hybridized carbons (Fsp3) is 0.129. The molecule has 1 amide bonds. The van der Waals surface area contributed by atoms with Gasteiger partial charge in [0.05, 0.1) is 21.9 Å². The second kappa shape index (κ2) is 8.91. The fourth-order valence-corrected chi connectivity index (χ4v) is 7.79. The minimum absolute atomic E-state index is 0.178. The number of fused-ring (bicyclic) bond motifs is 6. The van der Waals surface area contributed by atoms with Crippen LogP contribution in [0.4, 0.5) is 5.69 Å². The van der Waals surface area contributed by atoms with Crippen LogP contribution in [0, 0.1) is 5.92 Å². The number of rotatable bonds is 4. The van der Waals surface area contributed by atoms with E-state index in [0.717, 1.165) is 11.1 Å². The Hall–Kier alpha value is -3.71. The van der Waals surface area contributed by atoms with Crippen molar-refractivity contribution in [2.24, 2.45) is 5.92 Å². The van der Waals surface area contributed by atoms with Crippen molar-refractivity contribution in [3.05, 3.63) is 128 Å². The van der Waals surface area contributed by atoms with Crippen LogP contribution >= 0.6 is 34.5 Å². The molecule has 4 atom stereocenters. The molecule has 0 saturated carbocycles. The monoisotopic (exact) mass is 570 g/mol. The minimum Gasteiger partial charge on any atom is -0.358 e. The van der Waals surface area contributed by atoms with Crippen molar-refractivity contribution in [3.63, 3.8) is 0 Å². The first kappa shape index (κ1) is 24.3. The summed E-state index contributed by atoms with van der Waals surface area (Å²) in [5.41, 5.74) is 1.99. The average molecular weight is 571 g/mol. The molecule has 0 radical (unpaired) electrons. The Labute approximate surface area is 238 Å². The molecular formula is C31H20Cl2N2O3S. The van der Waals surface area contributed by atoms with Gasteiger partial charge < -0.3 is 10.2 Å². The number of carbonyl (C=O) groups is 3. The van der Waals surface area contributed by atoms with E-state index in [1.54, 1.807) is 18.2 Å². The van der Waals surface area contributed by atoms with Gasteiger partial charge in [-0.25, -0.2) is 0 Å². The van der Waals surface area contributed by atoms with E-state index < -0.39 is 23.4 Å². The largest absolute Gasteiger partial charge is 0.358 e. The van der Waals surface area contributed by atoms with Gasteiger partial charge in [-0.05, 0) is 58.5 Å². The smallest absolute Gasteiger partial charge is 0.238 e. The summed E-state index contributed by atoms with van der Waals surface area (Å²) in [6, 6.07) is 22.0. The van der Waals surface area contributed by atoms with Gasteiger partial charge >= 0.3 is 0 Å². The number of amides is 1. The van der Waals surface area contributed by atoms with Crippen LogP contribution in [0.15, 0.2) is 90.4 Å². The number of thiophene rings is 1. The molecule has 1 fully saturated rings. The minimum atomic E-state index is -1.39. The third-order valence-corrected chi connectivity index (χ3v) is 9.51. The number of para-hydroxylation sites is 1. The van der Waals surface area contributed by atoms with E-state index >= 15 is 0 Å². The highest BCUT2D eigenvalue weighted by Crippen LogP contribution is 2.62. The summed E-state index contributed by atoms with van der Waals surface area (Å²) in [6.45, 7) is 0. The van der Waals surface area contributed by atoms with E-state index in [-0.39, 0.29) is 28.1 Å². The molecular weight excluding hydrogens is 551 g/mol. The first-order valence-electron chi connectivity index (χ1n) is 12.5. The highest BCUT2D eigenvalue weighted by atomic mass is 35.5. The molecule has 3 aliphatic heterocycles. The highest BCUT2D eigenvalue weighted by molar-refractivity contribution is 7.12. The van der Waals surface area contributed by atoms with E-state index in [2.05, 4.69) is 5.32 Å². The summed E-state index contributed by atoms with van der Waals surface area (Å²) in [4.78, 5) is 45.9. The second-order valence-corrected chi connectivity index (χ2v) is 11.7. The predicted molar refractivity (Wildman–Crippen MR) is 154 cm³/mol. The van der Waals surface area contributed by atoms with Crippen LogP contribution in [-0.4, -0.2) is 28.4 Å². The summed E-state index contributed by atoms with van der Waals surface area (Å²) >= 11 is 14.1. The molecule has 8 heteroatoms. The Morgan fingerprint density at radius 2 is 1.72 bits per heavy atom. The van der Waals surface area contributed by atoms with Crippen LogP contribution < -0.4 is 5.32 Å². The Morgan fingerprint density at radius 1 is 0.923 bits per heavy atom. The lowest BCUT2D eigenvalue weighted by atomic mass is 9.62. The number of hydrogen-bond acceptors (Lipinski definition) is 5. The van der Waals surface area contributed by atoms with Crippen molar-refractivity contribution in [1.29, 1.82) is 0 Å². The van der Waals surface area contributed by atoms with Gasteiger partial charge in [0.15, 0.2) is 11.6 Å². The number of hydrogen-bond donors (Lipinski definition) is 1. The third-order valence-electron chi connectivity index (χ3n) is 8.08. The number of ketones is 2. The molecule has 0 bridgehead atoms. The summed E-state index contributed by atoms with van der Waals surface area (Å²) < 4.78 is 0. The molecule has 3 aliphatic rings. The van der Waals surface area contributed by atoms with Crippen LogP contribution in [0.25, 0.3) is 6.08 Å². The lowest BCUT2D eigenvalue weighted by Gasteiger charge is -2.38. The maximum atomic E-state index is 14.7. The Morgan fingerprint density at radius 3 is 2.51 bits per heavy atom. The SMILES string of the molecule is O=C(c1ccc(Cl)cc1Cl)[C@@H]1[C@H](C(=O)c2cccs2)N2C=Cc3ccccc3[C@H]2[C@]12C(=O)Nc1ccccc12. The highest BCUT2D eigenvalue weighted by Gasteiger charge is 2.70. The van der Waals surface area contributed by atoms with E-state index in [1.807, 2.05) is 77.2 Å². The van der Waals surface area contributed by atoms with Crippen LogP contribution in [0.1, 0.15) is 42.8 Å². The molecule has 0 unspecified atom stereocenters. The second-order valence-electron chi connectivity index (χ2n) is 9.92. The van der Waals surface area contributed by atoms with Crippen LogP contribution in [0.3, 0.4) is 0 Å². The summed E-state index contributed by atoms with van der Waals surface area (Å²) in [5, 5.41) is 5.45. The Bertz CT molecular complexity index is 1720. The molecule has 1 saturated heterocycles. The van der Waals surface area contributed by atoms with E-state index in [9.17, 15) is 14.4 Å². The molecule has 192 valence electrons. The van der Waals surface area contributed by atoms with Gasteiger partial charge in [0.25, 0.3) is 0 Å². The van der Waals surface area contributed by atoms with Gasteiger partial charge in [-0.1, -0.05) is 71.7 Å². The molecule has 1 spiro atoms. The molecule has 0 aliphatic carbocycles. The number of halogens is 2. The van der Waals surface area contributed by atoms with Crippen molar-refractivity contribution >= 4 is 63.8 Å². The van der Waals surface area contributed by atoms with E-state index in [0.29, 0.717) is 21.2 Å². The van der Waals surface area contributed by atoms with Crippen LogP contribution in [0.5, 0.6) is 0 Å². The third kappa shape index (κ3) is 3.35. The van der Waals surface area contributed by atoms with Crippen molar-refractivity contribution < 1.29 is 14.4 Å². The maximum absolute atomic E-state index is 14.7. The molecule has 1 aromatic heterocycles. The zero-order valence-corrected chi connectivity index (χ0v) is 22.6. The summed E-state index contributed by atoms with van der Waals surface area (Å²) in [7, 11) is 0. The van der Waals surface area contributed by atoms with Gasteiger partial charge in [0.2, 0.25) is 5.91 Å². The van der Waals surface area contributed by atoms with Gasteiger partial charge in [-0.15, -0.1) is 11.3 Å². The zero-order chi connectivity index (χ0) is 26.9. The first-order chi connectivity index (χ1) is 18.9. The van der Waals surface area contributed by atoms with Crippen molar-refractivity contribution in [2.45, 2.75) is 17.5 Å². The number of carbonyl (C=O) groups excluding carboxylic acids is 3. The molecule has 3 aromatic carbocycles. The number of nitrogens with one attached hydrogen (secondary N) is 1. The van der Waals surface area contributed by atoms with E-state index in [4.69, 9.17) is 23.2 Å². The number of benzene rings is 3. The molecule has 1 N–H and O–H groups in total. The summed E-state index contributed by atoms with van der Waals surface area (Å²) in [6.07, 6.45) is 3.80. The quantitative estimate of drug-likeness (QED) is 0.267. The van der Waals surface area contributed by atoms with Crippen LogP contribution in [0.2, 0.25) is 10.0 Å². The molecule has 5 nitrogen and oxygen atoms in total. The van der Waals surface area contributed by atoms with Gasteiger partial charge in [-0.3, -0.25) is 14.4 Å². The molecule has 4 heterocycles. The molecule has 4 aromatic rings. The van der Waals surface area contributed by atoms with Gasteiger partial charge in [-0.2, -0.15) is 0 Å². The average Bonchev–Trinajstić information content (AvgIpc) is 3.65. The van der Waals surface area contributed by atoms with Crippen molar-refractivity contribution in [1.82, 2.24) is 4.90 Å². The standard InChI is InChI=1S/C31H20Cl2N2O3S/c32-18-11-12-20(22(33)16-18)27(36)25-26(28(37)24-10-5-15-39-24)35-14-13-17-6-1-2-7-19(17)29(35)31(25)21-8-3-4-9-23(21)34-30(31)38/h1-16,25-26,29H,(H,34,38)/t25-,26+,29-,31+/m0/s1. The topological polar surface area (TPSA) is 66.5 Å². The van der Waals surface area contributed by atoms with Crippen molar-refractivity contribution in [2.75, 3.05) is 5.32 Å². The fourth-order valence-electron chi connectivity index (χ4n) is 6.59. The Kier molecular flexibility index (Phi) is 5.56. The lowest BCUT2D eigenvalue weighted by Crippen LogP contribution is -2.49.